The lowest BCUT2D eigenvalue weighted by Crippen LogP contribution is -2.27. The molecule has 1 saturated carbocycles. The third-order valence-corrected chi connectivity index (χ3v) is 5.99. The van der Waals surface area contributed by atoms with Crippen LogP contribution in [0.5, 0.6) is 11.6 Å². The molecule has 0 aliphatic heterocycles. The quantitative estimate of drug-likeness (QED) is 0.363. The van der Waals surface area contributed by atoms with E-state index in [0.29, 0.717) is 43.2 Å². The van der Waals surface area contributed by atoms with Crippen molar-refractivity contribution in [2.75, 3.05) is 13.7 Å². The fourth-order valence-electron chi connectivity index (χ4n) is 3.89. The van der Waals surface area contributed by atoms with Gasteiger partial charge in [-0.05, 0) is 60.2 Å². The minimum atomic E-state index is -2.52. The Hall–Kier alpha value is -3.48. The first-order chi connectivity index (χ1) is 16.4. The Morgan fingerprint density at radius 2 is 1.76 bits per heavy atom. The van der Waals surface area contributed by atoms with Crippen molar-refractivity contribution < 1.29 is 27.8 Å². The summed E-state index contributed by atoms with van der Waals surface area (Å²) in [5.74, 6) is -1.55. The van der Waals surface area contributed by atoms with Crippen LogP contribution in [0, 0.1) is 5.92 Å². The van der Waals surface area contributed by atoms with Crippen LogP contribution >= 0.6 is 0 Å². The summed E-state index contributed by atoms with van der Waals surface area (Å²) in [6, 6.07) is 18.5. The Bertz CT molecular complexity index is 1090. The van der Waals surface area contributed by atoms with Gasteiger partial charge in [-0.15, -0.1) is 0 Å². The largest absolute Gasteiger partial charge is 0.489 e. The maximum Gasteiger partial charge on any atom is 0.337 e. The number of benzene rings is 2. The monoisotopic (exact) mass is 467 g/mol. The molecule has 1 aromatic heterocycles. The Labute approximate surface area is 197 Å². The van der Waals surface area contributed by atoms with E-state index >= 15 is 0 Å². The van der Waals surface area contributed by atoms with Crippen LogP contribution in [0.1, 0.15) is 41.6 Å². The van der Waals surface area contributed by atoms with Gasteiger partial charge >= 0.3 is 5.97 Å². The number of methoxy groups -OCH3 is 1. The second-order valence-corrected chi connectivity index (χ2v) is 8.50. The van der Waals surface area contributed by atoms with Crippen LogP contribution in [0.25, 0.3) is 11.1 Å². The number of esters is 1. The number of hydrogen-bond acceptors (Lipinski definition) is 5. The number of halogens is 2. The average molecular weight is 468 g/mol. The Kier molecular flexibility index (Phi) is 7.40. The molecule has 1 aliphatic rings. The summed E-state index contributed by atoms with van der Waals surface area (Å²) in [6.45, 7) is 0.773. The molecule has 34 heavy (non-hydrogen) atoms. The van der Waals surface area contributed by atoms with Crippen molar-refractivity contribution in [2.45, 2.75) is 38.2 Å². The first-order valence-electron chi connectivity index (χ1n) is 11.3. The van der Waals surface area contributed by atoms with Crippen molar-refractivity contribution in [2.24, 2.45) is 5.92 Å². The van der Waals surface area contributed by atoms with E-state index in [1.807, 2.05) is 42.5 Å². The molecule has 7 heteroatoms. The minimum absolute atomic E-state index is 0.0649. The van der Waals surface area contributed by atoms with Gasteiger partial charge in [0.05, 0.1) is 19.3 Å². The molecule has 178 valence electrons. The number of ether oxygens (including phenoxy) is 3. The molecule has 0 spiro atoms. The highest BCUT2D eigenvalue weighted by atomic mass is 19.3. The SMILES string of the molecule is COC(=O)c1ccc(COc2cccc(-c3ccc(OCC4CCC(F)(F)CC4)nc3)c2)cc1. The normalized spacial score (nSPS) is 15.5. The number of carbonyl (C=O) groups excluding carboxylic acids is 1. The van der Waals surface area contributed by atoms with E-state index in [1.165, 1.54) is 7.11 Å². The smallest absolute Gasteiger partial charge is 0.337 e. The maximum atomic E-state index is 13.3. The topological polar surface area (TPSA) is 57.7 Å². The molecule has 1 aliphatic carbocycles. The lowest BCUT2D eigenvalue weighted by atomic mass is 9.87. The van der Waals surface area contributed by atoms with Crippen LogP contribution < -0.4 is 9.47 Å². The molecule has 0 radical (unpaired) electrons. The Morgan fingerprint density at radius 1 is 1.00 bits per heavy atom. The standard InChI is InChI=1S/C27H27F2NO4/c1-32-26(31)21-7-5-19(6-8-21)17-33-24-4-2-3-22(15-24)23-9-10-25(30-16-23)34-18-20-11-13-27(28,29)14-12-20/h2-10,15-16,20H,11-14,17-18H2,1H3. The van der Waals surface area contributed by atoms with Crippen molar-refractivity contribution >= 4 is 5.97 Å². The van der Waals surface area contributed by atoms with Gasteiger partial charge < -0.3 is 14.2 Å². The van der Waals surface area contributed by atoms with Crippen molar-refractivity contribution in [3.63, 3.8) is 0 Å². The molecule has 1 heterocycles. The van der Waals surface area contributed by atoms with Crippen LogP contribution in [0.3, 0.4) is 0 Å². The second kappa shape index (κ2) is 10.6. The van der Waals surface area contributed by atoms with Crippen molar-refractivity contribution in [1.82, 2.24) is 4.98 Å². The number of alkyl halides is 2. The fourth-order valence-corrected chi connectivity index (χ4v) is 3.89. The van der Waals surface area contributed by atoms with Crippen LogP contribution in [0.2, 0.25) is 0 Å². The molecule has 3 aromatic rings. The number of carbonyl (C=O) groups is 1. The molecule has 0 unspecified atom stereocenters. The first-order valence-corrected chi connectivity index (χ1v) is 11.3. The number of hydrogen-bond donors (Lipinski definition) is 0. The third-order valence-electron chi connectivity index (χ3n) is 5.99. The summed E-state index contributed by atoms with van der Waals surface area (Å²) in [4.78, 5) is 15.9. The molecule has 0 bridgehead atoms. The van der Waals surface area contributed by atoms with E-state index < -0.39 is 5.92 Å². The average Bonchev–Trinajstić information content (AvgIpc) is 2.87. The number of pyridine rings is 1. The summed E-state index contributed by atoms with van der Waals surface area (Å²) in [5.41, 5.74) is 3.29. The molecule has 0 amide bonds. The summed E-state index contributed by atoms with van der Waals surface area (Å²) in [7, 11) is 1.35. The zero-order valence-electron chi connectivity index (χ0n) is 19.0. The molecule has 0 N–H and O–H groups in total. The summed E-state index contributed by atoms with van der Waals surface area (Å²) >= 11 is 0. The van der Waals surface area contributed by atoms with E-state index in [1.54, 1.807) is 24.4 Å². The van der Waals surface area contributed by atoms with Crippen LogP contribution in [0.4, 0.5) is 8.78 Å². The van der Waals surface area contributed by atoms with Gasteiger partial charge in [-0.2, -0.15) is 0 Å². The van der Waals surface area contributed by atoms with E-state index in [9.17, 15) is 13.6 Å². The highest BCUT2D eigenvalue weighted by Crippen LogP contribution is 2.36. The highest BCUT2D eigenvalue weighted by molar-refractivity contribution is 5.89. The molecule has 1 fully saturated rings. The van der Waals surface area contributed by atoms with Crippen molar-refractivity contribution in [3.05, 3.63) is 78.0 Å². The third kappa shape index (κ3) is 6.31. The van der Waals surface area contributed by atoms with Gasteiger partial charge in [0.25, 0.3) is 0 Å². The van der Waals surface area contributed by atoms with Crippen molar-refractivity contribution in [3.8, 4) is 22.8 Å². The molecule has 2 aromatic carbocycles. The Morgan fingerprint density at radius 3 is 2.44 bits per heavy atom. The molecule has 0 saturated heterocycles. The molecule has 0 atom stereocenters. The molecule has 4 rings (SSSR count). The lowest BCUT2D eigenvalue weighted by Gasteiger charge is -2.27. The van der Waals surface area contributed by atoms with E-state index in [2.05, 4.69) is 4.98 Å². The van der Waals surface area contributed by atoms with Crippen LogP contribution in [0.15, 0.2) is 66.9 Å². The number of aromatic nitrogens is 1. The maximum absolute atomic E-state index is 13.3. The summed E-state index contributed by atoms with van der Waals surface area (Å²) in [5, 5.41) is 0. The predicted molar refractivity (Wildman–Crippen MR) is 124 cm³/mol. The predicted octanol–water partition coefficient (Wildman–Crippen LogP) is 6.32. The van der Waals surface area contributed by atoms with Gasteiger partial charge in [0.2, 0.25) is 11.8 Å². The van der Waals surface area contributed by atoms with Crippen LogP contribution in [-0.4, -0.2) is 30.6 Å². The van der Waals surface area contributed by atoms with Gasteiger partial charge in [0.1, 0.15) is 12.4 Å². The highest BCUT2D eigenvalue weighted by Gasteiger charge is 2.35. The second-order valence-electron chi connectivity index (χ2n) is 8.50. The van der Waals surface area contributed by atoms with Crippen molar-refractivity contribution in [1.29, 1.82) is 0 Å². The van der Waals surface area contributed by atoms with Gasteiger partial charge in [-0.3, -0.25) is 0 Å². The summed E-state index contributed by atoms with van der Waals surface area (Å²) < 4.78 is 42.9. The zero-order chi connectivity index (χ0) is 24.0. The van der Waals surface area contributed by atoms with Gasteiger partial charge in [-0.25, -0.2) is 18.6 Å². The van der Waals surface area contributed by atoms with Crippen LogP contribution in [-0.2, 0) is 11.3 Å². The van der Waals surface area contributed by atoms with Gasteiger partial charge in [0.15, 0.2) is 0 Å². The lowest BCUT2D eigenvalue weighted by molar-refractivity contribution is -0.0500. The molecular formula is C27H27F2NO4. The van der Waals surface area contributed by atoms with E-state index in [0.717, 1.165) is 16.7 Å². The molecular weight excluding hydrogens is 440 g/mol. The van der Waals surface area contributed by atoms with E-state index in [-0.39, 0.29) is 24.7 Å². The van der Waals surface area contributed by atoms with Gasteiger partial charge in [0, 0.05) is 30.7 Å². The Balaban J connectivity index is 1.31. The minimum Gasteiger partial charge on any atom is -0.489 e. The van der Waals surface area contributed by atoms with Gasteiger partial charge in [-0.1, -0.05) is 24.3 Å². The number of nitrogens with zero attached hydrogens (tertiary/aromatic N) is 1. The van der Waals surface area contributed by atoms with E-state index in [4.69, 9.17) is 14.2 Å². The number of rotatable bonds is 8. The zero-order valence-corrected chi connectivity index (χ0v) is 19.0. The summed E-state index contributed by atoms with van der Waals surface area (Å²) in [6.07, 6.45) is 2.56. The first kappa shape index (κ1) is 23.7. The molecule has 5 nitrogen and oxygen atoms in total. The fraction of sp³-hybridized carbons (Fsp3) is 0.333.